The van der Waals surface area contributed by atoms with Crippen molar-refractivity contribution in [1.82, 2.24) is 5.32 Å². The molecule has 0 spiro atoms. The standard InChI is InChI=1S/C20H23NO2/c1-20(23,18-11-12-18)14-21-19(22)13-15-7-9-17(10-8-15)16-5-3-2-4-6-16/h2-10,18,23H,11-14H2,1H3,(H,21,22). The molecule has 0 aliphatic heterocycles. The first-order chi connectivity index (χ1) is 11.0. The lowest BCUT2D eigenvalue weighted by molar-refractivity contribution is -0.121. The van der Waals surface area contributed by atoms with Gasteiger partial charge >= 0.3 is 0 Å². The quantitative estimate of drug-likeness (QED) is 0.861. The zero-order valence-electron chi connectivity index (χ0n) is 13.5. The minimum Gasteiger partial charge on any atom is -0.388 e. The summed E-state index contributed by atoms with van der Waals surface area (Å²) in [5.41, 5.74) is 2.52. The molecular weight excluding hydrogens is 286 g/mol. The molecule has 1 unspecified atom stereocenters. The van der Waals surface area contributed by atoms with Gasteiger partial charge in [0.05, 0.1) is 12.0 Å². The van der Waals surface area contributed by atoms with Crippen LogP contribution >= 0.6 is 0 Å². The van der Waals surface area contributed by atoms with Gasteiger partial charge in [-0.3, -0.25) is 4.79 Å². The Morgan fingerprint density at radius 2 is 1.70 bits per heavy atom. The van der Waals surface area contributed by atoms with Gasteiger partial charge in [-0.25, -0.2) is 0 Å². The highest BCUT2D eigenvalue weighted by molar-refractivity contribution is 5.79. The van der Waals surface area contributed by atoms with Crippen molar-refractivity contribution in [1.29, 1.82) is 0 Å². The third-order valence-electron chi connectivity index (χ3n) is 4.53. The molecule has 1 aliphatic carbocycles. The number of rotatable bonds is 6. The summed E-state index contributed by atoms with van der Waals surface area (Å²) in [6, 6.07) is 18.2. The fourth-order valence-electron chi connectivity index (χ4n) is 2.82. The molecule has 0 saturated heterocycles. The maximum atomic E-state index is 12.0. The van der Waals surface area contributed by atoms with Crippen LogP contribution in [0, 0.1) is 5.92 Å². The van der Waals surface area contributed by atoms with Crippen LogP contribution in [0.4, 0.5) is 0 Å². The molecule has 0 radical (unpaired) electrons. The van der Waals surface area contributed by atoms with Gasteiger partial charge in [-0.05, 0) is 42.4 Å². The summed E-state index contributed by atoms with van der Waals surface area (Å²) in [6.45, 7) is 2.14. The minimum absolute atomic E-state index is 0.0432. The summed E-state index contributed by atoms with van der Waals surface area (Å²) in [5.74, 6) is 0.298. The van der Waals surface area contributed by atoms with Gasteiger partial charge in [0.1, 0.15) is 0 Å². The SMILES string of the molecule is CC(O)(CNC(=O)Cc1ccc(-c2ccccc2)cc1)C1CC1. The number of amides is 1. The molecular formula is C20H23NO2. The van der Waals surface area contributed by atoms with E-state index in [1.165, 1.54) is 5.56 Å². The second-order valence-electron chi connectivity index (χ2n) is 6.65. The lowest BCUT2D eigenvalue weighted by atomic mass is 10.0. The van der Waals surface area contributed by atoms with Crippen molar-refractivity contribution in [2.24, 2.45) is 5.92 Å². The Morgan fingerprint density at radius 1 is 1.09 bits per heavy atom. The molecule has 1 aliphatic rings. The number of hydrogen-bond donors (Lipinski definition) is 2. The van der Waals surface area contributed by atoms with E-state index in [1.807, 2.05) is 42.5 Å². The molecule has 3 heteroatoms. The highest BCUT2D eigenvalue weighted by atomic mass is 16.3. The number of hydrogen-bond acceptors (Lipinski definition) is 2. The zero-order chi connectivity index (χ0) is 16.3. The first-order valence-electron chi connectivity index (χ1n) is 8.18. The summed E-state index contributed by atoms with van der Waals surface area (Å²) >= 11 is 0. The van der Waals surface area contributed by atoms with Crippen molar-refractivity contribution in [3.8, 4) is 11.1 Å². The number of benzene rings is 2. The van der Waals surface area contributed by atoms with Gasteiger partial charge < -0.3 is 10.4 Å². The average Bonchev–Trinajstić information content (AvgIpc) is 3.40. The number of aliphatic hydroxyl groups is 1. The lowest BCUT2D eigenvalue weighted by Crippen LogP contribution is -2.42. The molecule has 0 heterocycles. The first kappa shape index (κ1) is 15.8. The molecule has 2 aromatic carbocycles. The Balaban J connectivity index is 1.54. The van der Waals surface area contributed by atoms with Crippen LogP contribution in [0.2, 0.25) is 0 Å². The zero-order valence-corrected chi connectivity index (χ0v) is 13.5. The van der Waals surface area contributed by atoms with Crippen molar-refractivity contribution < 1.29 is 9.90 Å². The third kappa shape index (κ3) is 4.20. The van der Waals surface area contributed by atoms with Gasteiger partial charge in [-0.1, -0.05) is 54.6 Å². The highest BCUT2D eigenvalue weighted by Crippen LogP contribution is 2.38. The van der Waals surface area contributed by atoms with Crippen LogP contribution in [-0.4, -0.2) is 23.2 Å². The summed E-state index contributed by atoms with van der Waals surface area (Å²) in [5, 5.41) is 13.1. The van der Waals surface area contributed by atoms with Gasteiger partial charge in [0, 0.05) is 6.54 Å². The van der Waals surface area contributed by atoms with E-state index in [1.54, 1.807) is 6.92 Å². The largest absolute Gasteiger partial charge is 0.388 e. The molecule has 3 rings (SSSR count). The average molecular weight is 309 g/mol. The number of carbonyl (C=O) groups excluding carboxylic acids is 1. The van der Waals surface area contributed by atoms with E-state index in [2.05, 4.69) is 17.4 Å². The number of nitrogens with one attached hydrogen (secondary N) is 1. The van der Waals surface area contributed by atoms with E-state index in [0.717, 1.165) is 24.0 Å². The van der Waals surface area contributed by atoms with Crippen LogP contribution in [0.1, 0.15) is 25.3 Å². The van der Waals surface area contributed by atoms with Crippen LogP contribution < -0.4 is 5.32 Å². The third-order valence-corrected chi connectivity index (χ3v) is 4.53. The van der Waals surface area contributed by atoms with Gasteiger partial charge in [-0.15, -0.1) is 0 Å². The van der Waals surface area contributed by atoms with Crippen molar-refractivity contribution in [3.05, 3.63) is 60.2 Å². The first-order valence-corrected chi connectivity index (χ1v) is 8.18. The van der Waals surface area contributed by atoms with Gasteiger partial charge in [0.25, 0.3) is 0 Å². The monoisotopic (exact) mass is 309 g/mol. The summed E-state index contributed by atoms with van der Waals surface area (Å²) in [4.78, 5) is 12.0. The van der Waals surface area contributed by atoms with Crippen LogP contribution in [-0.2, 0) is 11.2 Å². The van der Waals surface area contributed by atoms with Crippen molar-refractivity contribution in [2.75, 3.05) is 6.54 Å². The smallest absolute Gasteiger partial charge is 0.224 e. The predicted molar refractivity (Wildman–Crippen MR) is 91.9 cm³/mol. The van der Waals surface area contributed by atoms with Gasteiger partial charge in [0.15, 0.2) is 0 Å². The van der Waals surface area contributed by atoms with E-state index in [4.69, 9.17) is 0 Å². The van der Waals surface area contributed by atoms with Gasteiger partial charge in [0.2, 0.25) is 5.91 Å². The summed E-state index contributed by atoms with van der Waals surface area (Å²) in [7, 11) is 0. The molecule has 120 valence electrons. The molecule has 1 amide bonds. The second kappa shape index (κ2) is 6.55. The molecule has 23 heavy (non-hydrogen) atoms. The molecule has 1 atom stereocenters. The van der Waals surface area contributed by atoms with E-state index in [9.17, 15) is 9.90 Å². The van der Waals surface area contributed by atoms with Crippen LogP contribution in [0.3, 0.4) is 0 Å². The molecule has 2 N–H and O–H groups in total. The lowest BCUT2D eigenvalue weighted by Gasteiger charge is -2.23. The normalized spacial score (nSPS) is 16.6. The molecule has 1 saturated carbocycles. The van der Waals surface area contributed by atoms with Crippen LogP contribution in [0.25, 0.3) is 11.1 Å². The van der Waals surface area contributed by atoms with E-state index < -0.39 is 5.60 Å². The Morgan fingerprint density at radius 3 is 2.30 bits per heavy atom. The maximum absolute atomic E-state index is 12.0. The fraction of sp³-hybridized carbons (Fsp3) is 0.350. The van der Waals surface area contributed by atoms with E-state index in [0.29, 0.717) is 18.9 Å². The predicted octanol–water partition coefficient (Wildman–Crippen LogP) is 3.17. The minimum atomic E-state index is -0.771. The summed E-state index contributed by atoms with van der Waals surface area (Å²) in [6.07, 6.45) is 2.46. The topological polar surface area (TPSA) is 49.3 Å². The molecule has 0 aromatic heterocycles. The fourth-order valence-corrected chi connectivity index (χ4v) is 2.82. The molecule has 1 fully saturated rings. The van der Waals surface area contributed by atoms with E-state index in [-0.39, 0.29) is 5.91 Å². The van der Waals surface area contributed by atoms with Gasteiger partial charge in [-0.2, -0.15) is 0 Å². The second-order valence-corrected chi connectivity index (χ2v) is 6.65. The Bertz CT molecular complexity index is 658. The van der Waals surface area contributed by atoms with E-state index >= 15 is 0 Å². The van der Waals surface area contributed by atoms with Crippen LogP contribution in [0.5, 0.6) is 0 Å². The number of carbonyl (C=O) groups is 1. The summed E-state index contributed by atoms with van der Waals surface area (Å²) < 4.78 is 0. The molecule has 3 nitrogen and oxygen atoms in total. The van der Waals surface area contributed by atoms with Crippen molar-refractivity contribution in [2.45, 2.75) is 31.8 Å². The maximum Gasteiger partial charge on any atom is 0.224 e. The van der Waals surface area contributed by atoms with Crippen LogP contribution in [0.15, 0.2) is 54.6 Å². The van der Waals surface area contributed by atoms with Crippen molar-refractivity contribution in [3.63, 3.8) is 0 Å². The Labute approximate surface area is 137 Å². The molecule has 0 bridgehead atoms. The Hall–Kier alpha value is -2.13. The highest BCUT2D eigenvalue weighted by Gasteiger charge is 2.39. The van der Waals surface area contributed by atoms with Crippen molar-refractivity contribution >= 4 is 5.91 Å². The Kier molecular flexibility index (Phi) is 4.49. The molecule has 2 aromatic rings.